The Kier molecular flexibility index (Phi) is 6.06. The van der Waals surface area contributed by atoms with Crippen LogP contribution in [0.1, 0.15) is 38.3 Å². The van der Waals surface area contributed by atoms with E-state index in [4.69, 9.17) is 4.74 Å². The van der Waals surface area contributed by atoms with Crippen LogP contribution < -0.4 is 5.32 Å². The molecule has 0 unspecified atom stereocenters. The van der Waals surface area contributed by atoms with Gasteiger partial charge < -0.3 is 15.0 Å². The highest BCUT2D eigenvalue weighted by molar-refractivity contribution is 9.10. The third-order valence-electron chi connectivity index (χ3n) is 3.86. The van der Waals surface area contributed by atoms with Gasteiger partial charge in [-0.2, -0.15) is 0 Å². The van der Waals surface area contributed by atoms with Gasteiger partial charge in [-0.1, -0.05) is 28.1 Å². The number of benzene rings is 1. The molecule has 21 heavy (non-hydrogen) atoms. The Morgan fingerprint density at radius 2 is 2.19 bits per heavy atom. The molecule has 4 nitrogen and oxygen atoms in total. The lowest BCUT2D eigenvalue weighted by molar-refractivity contribution is 0.0944. The van der Waals surface area contributed by atoms with Crippen LogP contribution in [0.2, 0.25) is 0 Å². The second kappa shape index (κ2) is 7.80. The molecule has 0 aromatic heterocycles. The molecule has 1 saturated heterocycles. The minimum atomic E-state index is -0.184. The quantitative estimate of drug-likeness (QED) is 0.895. The van der Waals surface area contributed by atoms with Crippen LogP contribution in [0.25, 0.3) is 0 Å². The van der Waals surface area contributed by atoms with Gasteiger partial charge in [-0.15, -0.1) is 0 Å². The van der Waals surface area contributed by atoms with Gasteiger partial charge in [0.1, 0.15) is 0 Å². The Bertz CT molecular complexity index is 473. The number of likely N-dealkylation sites (tertiary alicyclic amines) is 1. The number of piperidine rings is 1. The Balaban J connectivity index is 1.82. The average Bonchev–Trinajstić information content (AvgIpc) is 2.48. The minimum absolute atomic E-state index is 0.184. The van der Waals surface area contributed by atoms with E-state index < -0.39 is 0 Å². The molecule has 1 atom stereocenters. The van der Waals surface area contributed by atoms with E-state index in [0.717, 1.165) is 30.4 Å². The summed E-state index contributed by atoms with van der Waals surface area (Å²) in [5, 5.41) is 3.65. The number of hydrogen-bond donors (Lipinski definition) is 1. The number of hydrogen-bond acceptors (Lipinski definition) is 3. The molecule has 1 aromatic carbocycles. The summed E-state index contributed by atoms with van der Waals surface area (Å²) in [5.74, 6) is 0. The van der Waals surface area contributed by atoms with Gasteiger partial charge in [-0.3, -0.25) is 0 Å². The highest BCUT2D eigenvalue weighted by Gasteiger charge is 2.24. The van der Waals surface area contributed by atoms with Crippen molar-refractivity contribution in [1.29, 1.82) is 0 Å². The van der Waals surface area contributed by atoms with Gasteiger partial charge >= 0.3 is 6.09 Å². The van der Waals surface area contributed by atoms with E-state index in [0.29, 0.717) is 18.7 Å². The molecule has 0 saturated carbocycles. The largest absolute Gasteiger partial charge is 0.450 e. The van der Waals surface area contributed by atoms with E-state index in [1.54, 1.807) is 4.90 Å². The van der Waals surface area contributed by atoms with Gasteiger partial charge in [0, 0.05) is 29.6 Å². The van der Waals surface area contributed by atoms with Crippen molar-refractivity contribution in [2.75, 3.05) is 19.7 Å². The van der Waals surface area contributed by atoms with Crippen LogP contribution in [0, 0.1) is 0 Å². The number of amides is 1. The molecular weight excluding hydrogens is 332 g/mol. The summed E-state index contributed by atoms with van der Waals surface area (Å²) in [6, 6.07) is 9.13. The zero-order valence-corrected chi connectivity index (χ0v) is 14.2. The molecule has 1 heterocycles. The van der Waals surface area contributed by atoms with Gasteiger partial charge in [-0.05, 0) is 44.4 Å². The fourth-order valence-corrected chi connectivity index (χ4v) is 3.09. The molecule has 0 bridgehead atoms. The van der Waals surface area contributed by atoms with Crippen molar-refractivity contribution in [2.24, 2.45) is 0 Å². The summed E-state index contributed by atoms with van der Waals surface area (Å²) in [5.41, 5.74) is 1.28. The third kappa shape index (κ3) is 4.71. The first-order valence-electron chi connectivity index (χ1n) is 7.53. The van der Waals surface area contributed by atoms with Crippen molar-refractivity contribution in [1.82, 2.24) is 10.2 Å². The maximum absolute atomic E-state index is 11.7. The molecule has 5 heteroatoms. The lowest BCUT2D eigenvalue weighted by Gasteiger charge is -2.33. The van der Waals surface area contributed by atoms with Crippen molar-refractivity contribution in [3.63, 3.8) is 0 Å². The molecule has 0 spiro atoms. The van der Waals surface area contributed by atoms with Crippen LogP contribution in [0.3, 0.4) is 0 Å². The zero-order valence-electron chi connectivity index (χ0n) is 12.6. The van der Waals surface area contributed by atoms with Crippen molar-refractivity contribution >= 4 is 22.0 Å². The molecular formula is C16H23BrN2O2. The average molecular weight is 355 g/mol. The van der Waals surface area contributed by atoms with Crippen molar-refractivity contribution in [3.05, 3.63) is 34.3 Å². The standard InChI is InChI=1S/C16H23BrN2O2/c1-3-21-16(20)19-9-7-15(8-10-19)18-12(2)13-5-4-6-14(17)11-13/h4-6,11-12,15,18H,3,7-10H2,1-2H3/t12-/m0/s1. The fraction of sp³-hybridized carbons (Fsp3) is 0.562. The fourth-order valence-electron chi connectivity index (χ4n) is 2.67. The first-order valence-corrected chi connectivity index (χ1v) is 8.32. The molecule has 1 aromatic rings. The number of rotatable bonds is 4. The van der Waals surface area contributed by atoms with Gasteiger partial charge in [0.2, 0.25) is 0 Å². The normalized spacial score (nSPS) is 17.6. The van der Waals surface area contributed by atoms with Gasteiger partial charge in [0.15, 0.2) is 0 Å². The molecule has 1 aliphatic rings. The first kappa shape index (κ1) is 16.3. The predicted octanol–water partition coefficient (Wildman–Crippen LogP) is 3.72. The lowest BCUT2D eigenvalue weighted by Crippen LogP contribution is -2.45. The van der Waals surface area contributed by atoms with E-state index in [1.807, 2.05) is 13.0 Å². The summed E-state index contributed by atoms with van der Waals surface area (Å²) in [7, 11) is 0. The van der Waals surface area contributed by atoms with E-state index >= 15 is 0 Å². The Morgan fingerprint density at radius 1 is 1.48 bits per heavy atom. The van der Waals surface area contributed by atoms with Crippen LogP contribution in [-0.4, -0.2) is 36.7 Å². The maximum atomic E-state index is 11.7. The molecule has 1 aliphatic heterocycles. The van der Waals surface area contributed by atoms with E-state index in [-0.39, 0.29) is 6.09 Å². The summed E-state index contributed by atoms with van der Waals surface area (Å²) in [4.78, 5) is 13.5. The minimum Gasteiger partial charge on any atom is -0.450 e. The Morgan fingerprint density at radius 3 is 2.81 bits per heavy atom. The Hall–Kier alpha value is -1.07. The highest BCUT2D eigenvalue weighted by atomic mass is 79.9. The number of carbonyl (C=O) groups excluding carboxylic acids is 1. The maximum Gasteiger partial charge on any atom is 0.409 e. The summed E-state index contributed by atoms with van der Waals surface area (Å²) in [6.45, 7) is 5.99. The second-order valence-electron chi connectivity index (χ2n) is 5.40. The summed E-state index contributed by atoms with van der Waals surface area (Å²) in [6.07, 6.45) is 1.75. The predicted molar refractivity (Wildman–Crippen MR) is 87.3 cm³/mol. The number of ether oxygens (including phenoxy) is 1. The smallest absolute Gasteiger partial charge is 0.409 e. The highest BCUT2D eigenvalue weighted by Crippen LogP contribution is 2.20. The molecule has 0 radical (unpaired) electrons. The van der Waals surface area contributed by atoms with Gasteiger partial charge in [0.25, 0.3) is 0 Å². The monoisotopic (exact) mass is 354 g/mol. The summed E-state index contributed by atoms with van der Waals surface area (Å²) >= 11 is 3.51. The van der Waals surface area contributed by atoms with E-state index in [2.05, 4.69) is 46.4 Å². The number of halogens is 1. The van der Waals surface area contributed by atoms with E-state index in [9.17, 15) is 4.79 Å². The van der Waals surface area contributed by atoms with Gasteiger partial charge in [0.05, 0.1) is 6.61 Å². The lowest BCUT2D eigenvalue weighted by atomic mass is 10.0. The van der Waals surface area contributed by atoms with Crippen LogP contribution in [-0.2, 0) is 4.74 Å². The molecule has 1 N–H and O–H groups in total. The third-order valence-corrected chi connectivity index (χ3v) is 4.35. The molecule has 2 rings (SSSR count). The molecule has 1 fully saturated rings. The Labute approximate surface area is 135 Å². The summed E-state index contributed by atoms with van der Waals surface area (Å²) < 4.78 is 6.14. The van der Waals surface area contributed by atoms with E-state index in [1.165, 1.54) is 5.56 Å². The molecule has 0 aliphatic carbocycles. The van der Waals surface area contributed by atoms with Crippen LogP contribution in [0.5, 0.6) is 0 Å². The molecule has 1 amide bonds. The van der Waals surface area contributed by atoms with Crippen LogP contribution in [0.4, 0.5) is 4.79 Å². The number of carbonyl (C=O) groups is 1. The van der Waals surface area contributed by atoms with Gasteiger partial charge in [-0.25, -0.2) is 4.79 Å². The second-order valence-corrected chi connectivity index (χ2v) is 6.32. The molecule has 116 valence electrons. The van der Waals surface area contributed by atoms with Crippen molar-refractivity contribution in [3.8, 4) is 0 Å². The number of nitrogens with one attached hydrogen (secondary N) is 1. The van der Waals surface area contributed by atoms with Crippen LogP contribution >= 0.6 is 15.9 Å². The topological polar surface area (TPSA) is 41.6 Å². The SMILES string of the molecule is CCOC(=O)N1CCC(N[C@@H](C)c2cccc(Br)c2)CC1. The van der Waals surface area contributed by atoms with Crippen molar-refractivity contribution in [2.45, 2.75) is 38.8 Å². The van der Waals surface area contributed by atoms with Crippen molar-refractivity contribution < 1.29 is 9.53 Å². The van der Waals surface area contributed by atoms with Crippen LogP contribution in [0.15, 0.2) is 28.7 Å². The first-order chi connectivity index (χ1) is 10.1. The zero-order chi connectivity index (χ0) is 15.2. The number of nitrogens with zero attached hydrogens (tertiary/aromatic N) is 1.